The number of nitrogen functional groups attached to an aromatic ring is 1. The lowest BCUT2D eigenvalue weighted by molar-refractivity contribution is 0.628. The van der Waals surface area contributed by atoms with Crippen molar-refractivity contribution in [2.75, 3.05) is 5.73 Å². The van der Waals surface area contributed by atoms with Gasteiger partial charge in [0.05, 0.1) is 11.9 Å². The van der Waals surface area contributed by atoms with Gasteiger partial charge in [-0.2, -0.15) is 0 Å². The summed E-state index contributed by atoms with van der Waals surface area (Å²) >= 11 is 0. The molecule has 2 heterocycles. The molecule has 0 amide bonds. The summed E-state index contributed by atoms with van der Waals surface area (Å²) in [6.45, 7) is 0. The van der Waals surface area contributed by atoms with Gasteiger partial charge in [-0.25, -0.2) is 18.3 Å². The van der Waals surface area contributed by atoms with E-state index in [0.29, 0.717) is 11.3 Å². The van der Waals surface area contributed by atoms with E-state index in [1.165, 1.54) is 28.9 Å². The Labute approximate surface area is 101 Å². The van der Waals surface area contributed by atoms with Crippen molar-refractivity contribution in [1.82, 2.24) is 14.6 Å². The largest absolute Gasteiger partial charge is 0.367 e. The van der Waals surface area contributed by atoms with Crippen LogP contribution in [0.25, 0.3) is 16.8 Å². The molecule has 1 aromatic carbocycles. The number of nitrogens with zero attached hydrogens (tertiary/aromatic N) is 3. The Bertz CT molecular complexity index is 736. The Morgan fingerprint density at radius 2 is 2.00 bits per heavy atom. The molecule has 0 radical (unpaired) electrons. The molecule has 0 spiro atoms. The van der Waals surface area contributed by atoms with E-state index in [2.05, 4.69) is 10.1 Å². The van der Waals surface area contributed by atoms with Crippen molar-refractivity contribution >= 4 is 11.5 Å². The molecule has 0 fully saturated rings. The summed E-state index contributed by atoms with van der Waals surface area (Å²) in [5.41, 5.74) is 6.62. The number of anilines is 1. The normalized spacial score (nSPS) is 11.0. The lowest BCUT2D eigenvalue weighted by Gasteiger charge is -2.02. The molecule has 18 heavy (non-hydrogen) atoms. The Balaban J connectivity index is 2.32. The molecule has 0 aliphatic carbocycles. The van der Waals surface area contributed by atoms with Gasteiger partial charge in [0, 0.05) is 11.6 Å². The van der Waals surface area contributed by atoms with E-state index in [4.69, 9.17) is 5.73 Å². The fourth-order valence-electron chi connectivity index (χ4n) is 1.82. The molecular weight excluding hydrogens is 238 g/mol. The van der Waals surface area contributed by atoms with Crippen LogP contribution in [0.1, 0.15) is 0 Å². The predicted octanol–water partition coefficient (Wildman–Crippen LogP) is 2.26. The minimum absolute atomic E-state index is 0.0238. The van der Waals surface area contributed by atoms with Crippen LogP contribution in [0.5, 0.6) is 0 Å². The van der Waals surface area contributed by atoms with Crippen molar-refractivity contribution in [3.63, 3.8) is 0 Å². The van der Waals surface area contributed by atoms with E-state index in [0.717, 1.165) is 0 Å². The van der Waals surface area contributed by atoms with Gasteiger partial charge in [0.2, 0.25) is 5.95 Å². The zero-order valence-corrected chi connectivity index (χ0v) is 9.14. The molecule has 0 aliphatic heterocycles. The van der Waals surface area contributed by atoms with Crippen LogP contribution in [-0.4, -0.2) is 14.6 Å². The first-order valence-corrected chi connectivity index (χ1v) is 5.21. The monoisotopic (exact) mass is 246 g/mol. The zero-order valence-electron chi connectivity index (χ0n) is 9.14. The SMILES string of the molecule is Nc1ncc2c(F)cc(-c3cccc(F)c3)n2n1. The summed E-state index contributed by atoms with van der Waals surface area (Å²) in [6.07, 6.45) is 1.29. The van der Waals surface area contributed by atoms with Gasteiger partial charge in [-0.1, -0.05) is 12.1 Å². The molecule has 4 nitrogen and oxygen atoms in total. The van der Waals surface area contributed by atoms with Crippen molar-refractivity contribution in [1.29, 1.82) is 0 Å². The van der Waals surface area contributed by atoms with Crippen LogP contribution in [0.2, 0.25) is 0 Å². The molecule has 90 valence electrons. The number of halogens is 2. The summed E-state index contributed by atoms with van der Waals surface area (Å²) in [4.78, 5) is 3.72. The number of nitrogens with two attached hydrogens (primary N) is 1. The third-order valence-corrected chi connectivity index (χ3v) is 2.61. The van der Waals surface area contributed by atoms with E-state index in [9.17, 15) is 8.78 Å². The number of fused-ring (bicyclic) bond motifs is 1. The highest BCUT2D eigenvalue weighted by atomic mass is 19.1. The van der Waals surface area contributed by atoms with Gasteiger partial charge in [-0.05, 0) is 12.1 Å². The second kappa shape index (κ2) is 3.76. The molecule has 2 N–H and O–H groups in total. The van der Waals surface area contributed by atoms with Crippen LogP contribution in [0.3, 0.4) is 0 Å². The third-order valence-electron chi connectivity index (χ3n) is 2.61. The summed E-state index contributed by atoms with van der Waals surface area (Å²) in [5, 5.41) is 3.92. The Morgan fingerprint density at radius 3 is 2.78 bits per heavy atom. The standard InChI is InChI=1S/C12H8F2N4/c13-8-3-1-2-7(4-8)10-5-9(14)11-6-16-12(15)17-18(10)11/h1-6H,(H2,15,17). The summed E-state index contributed by atoms with van der Waals surface area (Å²) < 4.78 is 28.2. The van der Waals surface area contributed by atoms with E-state index >= 15 is 0 Å². The number of aromatic nitrogens is 3. The summed E-state index contributed by atoms with van der Waals surface area (Å²) in [7, 11) is 0. The smallest absolute Gasteiger partial charge is 0.238 e. The number of benzene rings is 1. The second-order valence-electron chi connectivity index (χ2n) is 3.80. The lowest BCUT2D eigenvalue weighted by Crippen LogP contribution is -2.01. The maximum atomic E-state index is 13.7. The van der Waals surface area contributed by atoms with Crippen molar-refractivity contribution in [2.24, 2.45) is 0 Å². The molecule has 0 aliphatic rings. The maximum Gasteiger partial charge on any atom is 0.238 e. The molecule has 3 aromatic rings. The molecule has 2 aromatic heterocycles. The fourth-order valence-corrected chi connectivity index (χ4v) is 1.82. The highest BCUT2D eigenvalue weighted by Gasteiger charge is 2.12. The lowest BCUT2D eigenvalue weighted by atomic mass is 10.1. The number of rotatable bonds is 1. The van der Waals surface area contributed by atoms with Crippen molar-refractivity contribution in [2.45, 2.75) is 0 Å². The molecule has 3 rings (SSSR count). The minimum Gasteiger partial charge on any atom is -0.367 e. The van der Waals surface area contributed by atoms with Gasteiger partial charge >= 0.3 is 0 Å². The molecule has 0 bridgehead atoms. The molecular formula is C12H8F2N4. The predicted molar refractivity (Wildman–Crippen MR) is 62.8 cm³/mol. The van der Waals surface area contributed by atoms with Crippen LogP contribution in [0, 0.1) is 11.6 Å². The van der Waals surface area contributed by atoms with Crippen molar-refractivity contribution in [3.8, 4) is 11.3 Å². The van der Waals surface area contributed by atoms with Gasteiger partial charge in [0.15, 0.2) is 5.82 Å². The van der Waals surface area contributed by atoms with Gasteiger partial charge in [-0.15, -0.1) is 5.10 Å². The van der Waals surface area contributed by atoms with E-state index in [1.54, 1.807) is 12.1 Å². The van der Waals surface area contributed by atoms with E-state index in [1.807, 2.05) is 0 Å². The van der Waals surface area contributed by atoms with Gasteiger partial charge in [0.1, 0.15) is 11.3 Å². The Kier molecular flexibility index (Phi) is 2.22. The zero-order chi connectivity index (χ0) is 12.7. The molecule has 0 saturated carbocycles. The third kappa shape index (κ3) is 1.58. The first-order valence-electron chi connectivity index (χ1n) is 5.21. The van der Waals surface area contributed by atoms with Crippen molar-refractivity contribution < 1.29 is 8.78 Å². The molecule has 0 atom stereocenters. The van der Waals surface area contributed by atoms with Crippen LogP contribution < -0.4 is 5.73 Å². The fraction of sp³-hybridized carbons (Fsp3) is 0. The first-order chi connectivity index (χ1) is 8.65. The second-order valence-corrected chi connectivity index (χ2v) is 3.80. The maximum absolute atomic E-state index is 13.7. The summed E-state index contributed by atoms with van der Waals surface area (Å²) in [6, 6.07) is 7.12. The average molecular weight is 246 g/mol. The highest BCUT2D eigenvalue weighted by Crippen LogP contribution is 2.24. The number of hydrogen-bond acceptors (Lipinski definition) is 3. The van der Waals surface area contributed by atoms with Crippen molar-refractivity contribution in [3.05, 3.63) is 48.2 Å². The minimum atomic E-state index is -0.478. The highest BCUT2D eigenvalue weighted by molar-refractivity contribution is 5.67. The Morgan fingerprint density at radius 1 is 1.17 bits per heavy atom. The average Bonchev–Trinajstić information content (AvgIpc) is 2.66. The molecule has 6 heteroatoms. The van der Waals surface area contributed by atoms with Crippen LogP contribution >= 0.6 is 0 Å². The quantitative estimate of drug-likeness (QED) is 0.716. The van der Waals surface area contributed by atoms with Gasteiger partial charge < -0.3 is 5.73 Å². The van der Waals surface area contributed by atoms with E-state index < -0.39 is 11.6 Å². The summed E-state index contributed by atoms with van der Waals surface area (Å²) in [5.74, 6) is -0.852. The number of hydrogen-bond donors (Lipinski definition) is 1. The van der Waals surface area contributed by atoms with Crippen LogP contribution in [-0.2, 0) is 0 Å². The van der Waals surface area contributed by atoms with Gasteiger partial charge in [0.25, 0.3) is 0 Å². The van der Waals surface area contributed by atoms with E-state index in [-0.39, 0.29) is 11.5 Å². The van der Waals surface area contributed by atoms with Crippen LogP contribution in [0.4, 0.5) is 14.7 Å². The Hall–Kier alpha value is -2.50. The topological polar surface area (TPSA) is 56.2 Å². The van der Waals surface area contributed by atoms with Crippen LogP contribution in [0.15, 0.2) is 36.5 Å². The van der Waals surface area contributed by atoms with Gasteiger partial charge in [-0.3, -0.25) is 0 Å². The first kappa shape index (κ1) is 10.6. The molecule has 0 unspecified atom stereocenters. The molecule has 0 saturated heterocycles.